The maximum absolute atomic E-state index is 13.7. The van der Waals surface area contributed by atoms with Crippen LogP contribution in [0.4, 0.5) is 0 Å². The highest BCUT2D eigenvalue weighted by Gasteiger charge is 2.23. The minimum absolute atomic E-state index is 0.162. The Morgan fingerprint density at radius 1 is 0.875 bits per heavy atom. The molecule has 0 spiro atoms. The number of carboxylic acid groups (broad SMARTS) is 1. The van der Waals surface area contributed by atoms with Gasteiger partial charge >= 0.3 is 5.97 Å². The van der Waals surface area contributed by atoms with Gasteiger partial charge in [0.1, 0.15) is 17.0 Å². The molecule has 1 atom stereocenters. The van der Waals surface area contributed by atoms with E-state index >= 15 is 0 Å². The van der Waals surface area contributed by atoms with Crippen LogP contribution in [0.25, 0.3) is 27.7 Å². The van der Waals surface area contributed by atoms with Crippen molar-refractivity contribution < 1.29 is 19.5 Å². The van der Waals surface area contributed by atoms with Crippen LogP contribution in [-0.4, -0.2) is 36.5 Å². The van der Waals surface area contributed by atoms with Gasteiger partial charge in [0.05, 0.1) is 23.5 Å². The second-order valence-electron chi connectivity index (χ2n) is 9.36. The number of aromatic carboxylic acids is 1. The van der Waals surface area contributed by atoms with Gasteiger partial charge in [0.15, 0.2) is 0 Å². The number of fused-ring (bicyclic) bond motifs is 2. The molecule has 196 valence electrons. The van der Waals surface area contributed by atoms with Crippen LogP contribution in [0.3, 0.4) is 0 Å². The smallest absolute Gasteiger partial charge is 0.335 e. The number of carbonyl (C=O) groups excluding carboxylic acids is 2. The lowest BCUT2D eigenvalue weighted by Crippen LogP contribution is -2.29. The van der Waals surface area contributed by atoms with Crippen LogP contribution in [-0.2, 0) is 0 Å². The van der Waals surface area contributed by atoms with E-state index < -0.39 is 17.9 Å². The summed E-state index contributed by atoms with van der Waals surface area (Å²) in [6, 6.07) is 24.6. The Morgan fingerprint density at radius 3 is 2.35 bits per heavy atom. The molecule has 3 aromatic carbocycles. The van der Waals surface area contributed by atoms with E-state index in [9.17, 15) is 19.5 Å². The number of nitrogens with zero attached hydrogens (tertiary/aromatic N) is 3. The summed E-state index contributed by atoms with van der Waals surface area (Å²) in [5.74, 6) is -1.69. The number of hydrogen-bond acceptors (Lipinski definition) is 6. The Labute approximate surface area is 232 Å². The van der Waals surface area contributed by atoms with Gasteiger partial charge in [-0.25, -0.2) is 9.78 Å². The van der Waals surface area contributed by atoms with E-state index in [4.69, 9.17) is 0 Å². The molecule has 40 heavy (non-hydrogen) atoms. The zero-order valence-electron chi connectivity index (χ0n) is 21.2. The fraction of sp³-hybridized carbons (Fsp3) is 0.0645. The number of carbonyl (C=O) groups is 3. The van der Waals surface area contributed by atoms with Crippen molar-refractivity contribution in [3.63, 3.8) is 0 Å². The number of rotatable bonds is 7. The highest BCUT2D eigenvalue weighted by Crippen LogP contribution is 2.26. The first-order valence-electron chi connectivity index (χ1n) is 12.5. The third-order valence-electron chi connectivity index (χ3n) is 6.82. The molecule has 6 aromatic rings. The molecule has 0 saturated carbocycles. The van der Waals surface area contributed by atoms with Crippen molar-refractivity contribution in [2.24, 2.45) is 0 Å². The average Bonchev–Trinajstić information content (AvgIpc) is 3.67. The van der Waals surface area contributed by atoms with E-state index in [0.29, 0.717) is 22.5 Å². The molecule has 0 aliphatic heterocycles. The van der Waals surface area contributed by atoms with Gasteiger partial charge in [-0.15, -0.1) is 0 Å². The van der Waals surface area contributed by atoms with Crippen molar-refractivity contribution in [2.45, 2.75) is 13.0 Å². The summed E-state index contributed by atoms with van der Waals surface area (Å²) in [4.78, 5) is 43.2. The van der Waals surface area contributed by atoms with E-state index in [1.54, 1.807) is 34.7 Å². The fourth-order valence-corrected chi connectivity index (χ4v) is 5.23. The van der Waals surface area contributed by atoms with Crippen molar-refractivity contribution >= 4 is 45.6 Å². The Balaban J connectivity index is 1.41. The second kappa shape index (κ2) is 10.2. The normalized spacial score (nSPS) is 11.9. The predicted molar refractivity (Wildman–Crippen MR) is 153 cm³/mol. The van der Waals surface area contributed by atoms with E-state index in [1.807, 2.05) is 54.8 Å². The van der Waals surface area contributed by atoms with Crippen LogP contribution in [0.2, 0.25) is 0 Å². The molecule has 0 radical (unpaired) electrons. The number of nitrogens with one attached hydrogen (secondary N) is 1. The van der Waals surface area contributed by atoms with Gasteiger partial charge in [0.2, 0.25) is 5.78 Å². The summed E-state index contributed by atoms with van der Waals surface area (Å²) in [5, 5.41) is 16.0. The van der Waals surface area contributed by atoms with Gasteiger partial charge in [-0.2, -0.15) is 4.37 Å². The Kier molecular flexibility index (Phi) is 6.41. The molecule has 1 amide bonds. The molecule has 6 rings (SSSR count). The van der Waals surface area contributed by atoms with Gasteiger partial charge in [-0.1, -0.05) is 48.5 Å². The molecule has 8 nitrogen and oxygen atoms in total. The molecule has 0 bridgehead atoms. The number of hydrogen-bond donors (Lipinski definition) is 2. The SMILES string of the molecule is C[C@H](NC(=O)c1cc(-c2ccsn2)cc2ncc(C(=O)c3ccc4ccccc4c3)n12)c1ccc(C(=O)O)cc1. The lowest BCUT2D eigenvalue weighted by Gasteiger charge is -2.17. The van der Waals surface area contributed by atoms with Gasteiger partial charge in [-0.3, -0.25) is 14.0 Å². The zero-order valence-corrected chi connectivity index (χ0v) is 22.1. The van der Waals surface area contributed by atoms with Crippen molar-refractivity contribution in [3.05, 3.63) is 125 Å². The number of pyridine rings is 1. The first-order chi connectivity index (χ1) is 19.4. The Morgan fingerprint density at radius 2 is 1.62 bits per heavy atom. The first kappa shape index (κ1) is 25.1. The maximum Gasteiger partial charge on any atom is 0.335 e. The van der Waals surface area contributed by atoms with Crippen LogP contribution < -0.4 is 5.32 Å². The summed E-state index contributed by atoms with van der Waals surface area (Å²) in [6.45, 7) is 1.81. The summed E-state index contributed by atoms with van der Waals surface area (Å²) in [7, 11) is 0. The molecule has 0 saturated heterocycles. The lowest BCUT2D eigenvalue weighted by atomic mass is 10.0. The molecule has 9 heteroatoms. The fourth-order valence-electron chi connectivity index (χ4n) is 4.70. The number of aromatic nitrogens is 3. The van der Waals surface area contributed by atoms with E-state index in [-0.39, 0.29) is 22.7 Å². The predicted octanol–water partition coefficient (Wildman–Crippen LogP) is 6.03. The summed E-state index contributed by atoms with van der Waals surface area (Å²) < 4.78 is 5.97. The van der Waals surface area contributed by atoms with Crippen LogP contribution in [0, 0.1) is 0 Å². The number of benzene rings is 3. The minimum Gasteiger partial charge on any atom is -0.478 e. The number of imidazole rings is 1. The third kappa shape index (κ3) is 4.63. The molecule has 0 fully saturated rings. The van der Waals surface area contributed by atoms with Crippen molar-refractivity contribution in [3.8, 4) is 11.3 Å². The van der Waals surface area contributed by atoms with E-state index in [2.05, 4.69) is 14.7 Å². The lowest BCUT2D eigenvalue weighted by molar-refractivity contribution is 0.0696. The van der Waals surface area contributed by atoms with Gasteiger partial charge in [0, 0.05) is 16.5 Å². The number of ketones is 1. The molecule has 0 unspecified atom stereocenters. The molecular formula is C31H22N4O4S. The number of carboxylic acids is 1. The van der Waals surface area contributed by atoms with Crippen LogP contribution in [0.5, 0.6) is 0 Å². The number of amides is 1. The first-order valence-corrected chi connectivity index (χ1v) is 13.3. The van der Waals surface area contributed by atoms with Crippen LogP contribution >= 0.6 is 11.5 Å². The summed E-state index contributed by atoms with van der Waals surface area (Å²) in [5.41, 5.74) is 3.73. The molecule has 3 aromatic heterocycles. The molecule has 2 N–H and O–H groups in total. The summed E-state index contributed by atoms with van der Waals surface area (Å²) >= 11 is 1.30. The van der Waals surface area contributed by atoms with E-state index in [0.717, 1.165) is 16.3 Å². The molecule has 3 heterocycles. The Hall–Kier alpha value is -5.15. The molecule has 0 aliphatic carbocycles. The van der Waals surface area contributed by atoms with Crippen molar-refractivity contribution in [1.82, 2.24) is 19.1 Å². The monoisotopic (exact) mass is 546 g/mol. The maximum atomic E-state index is 13.7. The topological polar surface area (TPSA) is 114 Å². The third-order valence-corrected chi connectivity index (χ3v) is 7.38. The average molecular weight is 547 g/mol. The largest absolute Gasteiger partial charge is 0.478 e. The highest BCUT2D eigenvalue weighted by molar-refractivity contribution is 7.03. The molecule has 0 aliphatic rings. The minimum atomic E-state index is -1.02. The van der Waals surface area contributed by atoms with Gasteiger partial charge in [-0.05, 0) is 71.2 Å². The molecular weight excluding hydrogens is 524 g/mol. The van der Waals surface area contributed by atoms with Crippen LogP contribution in [0.1, 0.15) is 55.4 Å². The van der Waals surface area contributed by atoms with E-state index in [1.165, 1.54) is 29.9 Å². The van der Waals surface area contributed by atoms with Crippen LogP contribution in [0.15, 0.2) is 96.5 Å². The second-order valence-corrected chi connectivity index (χ2v) is 10.0. The van der Waals surface area contributed by atoms with Gasteiger partial charge in [0.25, 0.3) is 5.91 Å². The highest BCUT2D eigenvalue weighted by atomic mass is 32.1. The van der Waals surface area contributed by atoms with Crippen molar-refractivity contribution in [2.75, 3.05) is 0 Å². The zero-order chi connectivity index (χ0) is 27.8. The standard InChI is InChI=1S/C31H22N4O4S/c1-18(19-6-9-21(10-7-19)31(38)39)33-30(37)26-15-24(25-12-13-40-34-25)16-28-32-17-27(35(26)28)29(36)23-11-8-20-4-2-3-5-22(20)14-23/h2-18H,1H3,(H,33,37)(H,38,39)/t18-/m0/s1. The van der Waals surface area contributed by atoms with Gasteiger partial charge < -0.3 is 10.4 Å². The quantitative estimate of drug-likeness (QED) is 0.236. The Bertz CT molecular complexity index is 1910. The summed E-state index contributed by atoms with van der Waals surface area (Å²) in [6.07, 6.45) is 1.49. The van der Waals surface area contributed by atoms with Crippen molar-refractivity contribution in [1.29, 1.82) is 0 Å².